The fourth-order valence-corrected chi connectivity index (χ4v) is 2.20. The van der Waals surface area contributed by atoms with Crippen LogP contribution in [0.3, 0.4) is 0 Å². The molecule has 0 aromatic carbocycles. The van der Waals surface area contributed by atoms with Crippen molar-refractivity contribution in [2.45, 2.75) is 6.92 Å². The first-order chi connectivity index (χ1) is 10.5. The van der Waals surface area contributed by atoms with Crippen molar-refractivity contribution in [1.29, 1.82) is 0 Å². The van der Waals surface area contributed by atoms with Crippen LogP contribution >= 0.6 is 11.6 Å². The van der Waals surface area contributed by atoms with Crippen molar-refractivity contribution >= 4 is 34.4 Å². The highest BCUT2D eigenvalue weighted by atomic mass is 35.5. The SMILES string of the molecule is C=C(C)C(=O)Nc1cccc(-c2cnc3[nH]cc(Cl)c3c2)n1. The number of fused-ring (bicyclic) bond motifs is 1. The molecular weight excluding hydrogens is 300 g/mol. The minimum absolute atomic E-state index is 0.257. The number of amides is 1. The first-order valence-electron chi connectivity index (χ1n) is 6.61. The van der Waals surface area contributed by atoms with E-state index in [-0.39, 0.29) is 5.91 Å². The van der Waals surface area contributed by atoms with Crippen LogP contribution in [0.5, 0.6) is 0 Å². The molecule has 0 saturated heterocycles. The number of anilines is 1. The second kappa shape index (κ2) is 5.61. The quantitative estimate of drug-likeness (QED) is 0.723. The van der Waals surface area contributed by atoms with Crippen molar-refractivity contribution in [2.24, 2.45) is 0 Å². The van der Waals surface area contributed by atoms with Crippen LogP contribution in [0, 0.1) is 0 Å². The molecule has 3 heterocycles. The second-order valence-electron chi connectivity index (χ2n) is 4.90. The number of nitrogens with one attached hydrogen (secondary N) is 2. The van der Waals surface area contributed by atoms with Gasteiger partial charge in [0, 0.05) is 28.9 Å². The van der Waals surface area contributed by atoms with E-state index in [0.29, 0.717) is 22.1 Å². The van der Waals surface area contributed by atoms with E-state index in [9.17, 15) is 4.79 Å². The van der Waals surface area contributed by atoms with Gasteiger partial charge in [-0.15, -0.1) is 0 Å². The number of nitrogens with zero attached hydrogens (tertiary/aromatic N) is 2. The summed E-state index contributed by atoms with van der Waals surface area (Å²) in [6, 6.07) is 7.30. The van der Waals surface area contributed by atoms with Crippen LogP contribution in [0.1, 0.15) is 6.92 Å². The summed E-state index contributed by atoms with van der Waals surface area (Å²) >= 11 is 6.11. The van der Waals surface area contributed by atoms with Gasteiger partial charge < -0.3 is 10.3 Å². The van der Waals surface area contributed by atoms with Crippen molar-refractivity contribution in [2.75, 3.05) is 5.32 Å². The van der Waals surface area contributed by atoms with Crippen molar-refractivity contribution in [3.05, 3.63) is 53.8 Å². The van der Waals surface area contributed by atoms with E-state index in [1.165, 1.54) is 0 Å². The Hall–Kier alpha value is -2.66. The number of aromatic nitrogens is 3. The average molecular weight is 313 g/mol. The maximum Gasteiger partial charge on any atom is 0.251 e. The fraction of sp³-hybridized carbons (Fsp3) is 0.0625. The highest BCUT2D eigenvalue weighted by molar-refractivity contribution is 6.35. The monoisotopic (exact) mass is 312 g/mol. The molecule has 110 valence electrons. The maximum atomic E-state index is 11.7. The lowest BCUT2D eigenvalue weighted by molar-refractivity contribution is -0.112. The zero-order valence-electron chi connectivity index (χ0n) is 11.9. The molecule has 0 saturated carbocycles. The largest absolute Gasteiger partial charge is 0.345 e. The van der Waals surface area contributed by atoms with Gasteiger partial charge in [-0.25, -0.2) is 9.97 Å². The predicted octanol–water partition coefficient (Wildman–Crippen LogP) is 3.79. The number of pyridine rings is 2. The molecule has 0 unspecified atom stereocenters. The third kappa shape index (κ3) is 2.71. The summed E-state index contributed by atoms with van der Waals surface area (Å²) in [6.07, 6.45) is 3.40. The molecule has 0 aliphatic carbocycles. The fourth-order valence-electron chi connectivity index (χ4n) is 2.00. The zero-order chi connectivity index (χ0) is 15.7. The minimum Gasteiger partial charge on any atom is -0.345 e. The first-order valence-corrected chi connectivity index (χ1v) is 6.99. The molecule has 0 bridgehead atoms. The van der Waals surface area contributed by atoms with Gasteiger partial charge in [-0.2, -0.15) is 0 Å². The number of hydrogen-bond donors (Lipinski definition) is 2. The van der Waals surface area contributed by atoms with E-state index in [1.54, 1.807) is 25.4 Å². The molecule has 6 heteroatoms. The van der Waals surface area contributed by atoms with Crippen molar-refractivity contribution in [3.63, 3.8) is 0 Å². The molecule has 2 N–H and O–H groups in total. The van der Waals surface area contributed by atoms with Crippen LogP contribution in [-0.2, 0) is 4.79 Å². The number of aromatic amines is 1. The molecule has 3 aromatic heterocycles. The number of H-pyrrole nitrogens is 1. The Kier molecular flexibility index (Phi) is 3.65. The molecule has 1 amide bonds. The number of halogens is 1. The van der Waals surface area contributed by atoms with Crippen LogP contribution < -0.4 is 5.32 Å². The molecule has 3 aromatic rings. The molecule has 5 nitrogen and oxygen atoms in total. The Labute approximate surface area is 132 Å². The van der Waals surface area contributed by atoms with E-state index in [2.05, 4.69) is 26.8 Å². The Morgan fingerprint density at radius 3 is 3.00 bits per heavy atom. The molecule has 0 atom stereocenters. The van der Waals surface area contributed by atoms with E-state index in [0.717, 1.165) is 16.6 Å². The van der Waals surface area contributed by atoms with Gasteiger partial charge in [-0.1, -0.05) is 24.2 Å². The Morgan fingerprint density at radius 2 is 2.23 bits per heavy atom. The summed E-state index contributed by atoms with van der Waals surface area (Å²) in [5, 5.41) is 4.13. The van der Waals surface area contributed by atoms with Gasteiger partial charge in [0.1, 0.15) is 11.5 Å². The summed E-state index contributed by atoms with van der Waals surface area (Å²) in [6.45, 7) is 5.25. The summed E-state index contributed by atoms with van der Waals surface area (Å²) in [7, 11) is 0. The van der Waals surface area contributed by atoms with Crippen molar-refractivity contribution in [1.82, 2.24) is 15.0 Å². The number of carbonyl (C=O) groups is 1. The van der Waals surface area contributed by atoms with Crippen LogP contribution in [0.2, 0.25) is 5.02 Å². The van der Waals surface area contributed by atoms with Crippen molar-refractivity contribution < 1.29 is 4.79 Å². The standard InChI is InChI=1S/C16H13ClN4O/c1-9(2)16(22)21-14-5-3-4-13(20-14)10-6-11-12(17)8-19-15(11)18-7-10/h3-8H,1H2,2H3,(H,18,19)(H,20,21,22). The van der Waals surface area contributed by atoms with Crippen molar-refractivity contribution in [3.8, 4) is 11.3 Å². The smallest absolute Gasteiger partial charge is 0.251 e. The number of rotatable bonds is 3. The number of hydrogen-bond acceptors (Lipinski definition) is 3. The van der Waals surface area contributed by atoms with E-state index in [1.807, 2.05) is 18.2 Å². The molecule has 0 spiro atoms. The van der Waals surface area contributed by atoms with Crippen LogP contribution in [0.15, 0.2) is 48.8 Å². The van der Waals surface area contributed by atoms with Gasteiger partial charge in [0.15, 0.2) is 0 Å². The Morgan fingerprint density at radius 1 is 1.41 bits per heavy atom. The first kappa shape index (κ1) is 14.3. The van der Waals surface area contributed by atoms with Gasteiger partial charge >= 0.3 is 0 Å². The zero-order valence-corrected chi connectivity index (χ0v) is 12.6. The highest BCUT2D eigenvalue weighted by Gasteiger charge is 2.08. The molecule has 22 heavy (non-hydrogen) atoms. The number of carbonyl (C=O) groups excluding carboxylic acids is 1. The van der Waals surface area contributed by atoms with Gasteiger partial charge in [-0.3, -0.25) is 4.79 Å². The Bertz CT molecular complexity index is 885. The maximum absolute atomic E-state index is 11.7. The molecule has 3 rings (SSSR count). The lowest BCUT2D eigenvalue weighted by atomic mass is 10.1. The summed E-state index contributed by atoms with van der Waals surface area (Å²) in [4.78, 5) is 23.4. The van der Waals surface area contributed by atoms with Gasteiger partial charge in [0.25, 0.3) is 5.91 Å². The minimum atomic E-state index is -0.257. The summed E-state index contributed by atoms with van der Waals surface area (Å²) < 4.78 is 0. The lowest BCUT2D eigenvalue weighted by Crippen LogP contribution is -2.12. The third-order valence-corrected chi connectivity index (χ3v) is 3.47. The molecular formula is C16H13ClN4O. The second-order valence-corrected chi connectivity index (χ2v) is 5.31. The molecule has 0 aliphatic heterocycles. The van der Waals surface area contributed by atoms with Gasteiger partial charge in [0.05, 0.1) is 10.7 Å². The van der Waals surface area contributed by atoms with E-state index in [4.69, 9.17) is 11.6 Å². The van der Waals surface area contributed by atoms with Gasteiger partial charge in [0.2, 0.25) is 0 Å². The third-order valence-electron chi connectivity index (χ3n) is 3.15. The highest BCUT2D eigenvalue weighted by Crippen LogP contribution is 2.26. The van der Waals surface area contributed by atoms with Crippen LogP contribution in [0.25, 0.3) is 22.3 Å². The van der Waals surface area contributed by atoms with Crippen LogP contribution in [0.4, 0.5) is 5.82 Å². The average Bonchev–Trinajstić information content (AvgIpc) is 2.88. The van der Waals surface area contributed by atoms with Crippen LogP contribution in [-0.4, -0.2) is 20.9 Å². The van der Waals surface area contributed by atoms with Gasteiger partial charge in [-0.05, 0) is 25.1 Å². The predicted molar refractivity (Wildman–Crippen MR) is 87.8 cm³/mol. The molecule has 0 aliphatic rings. The van der Waals surface area contributed by atoms with E-state index < -0.39 is 0 Å². The summed E-state index contributed by atoms with van der Waals surface area (Å²) in [5.41, 5.74) is 2.67. The topological polar surface area (TPSA) is 70.7 Å². The Balaban J connectivity index is 1.98. The van der Waals surface area contributed by atoms with E-state index >= 15 is 0 Å². The summed E-state index contributed by atoms with van der Waals surface area (Å²) in [5.74, 6) is 0.206. The normalized spacial score (nSPS) is 10.6. The molecule has 0 radical (unpaired) electrons. The molecule has 0 fully saturated rings. The lowest BCUT2D eigenvalue weighted by Gasteiger charge is -2.06.